The third-order valence-corrected chi connectivity index (χ3v) is 4.87. The van der Waals surface area contributed by atoms with Crippen LogP contribution < -0.4 is 0 Å². The molecule has 0 aliphatic carbocycles. The highest BCUT2D eigenvalue weighted by atomic mass is 35.5. The van der Waals surface area contributed by atoms with Crippen molar-refractivity contribution >= 4 is 52.1 Å². The highest BCUT2D eigenvalue weighted by Gasteiger charge is 2.27. The van der Waals surface area contributed by atoms with Crippen molar-refractivity contribution in [3.05, 3.63) is 38.7 Å². The van der Waals surface area contributed by atoms with Crippen molar-refractivity contribution in [3.8, 4) is 0 Å². The van der Waals surface area contributed by atoms with Crippen molar-refractivity contribution < 1.29 is 9.53 Å². The first-order valence-corrected chi connectivity index (χ1v) is 8.01. The molecule has 21 heavy (non-hydrogen) atoms. The lowest BCUT2D eigenvalue weighted by Gasteiger charge is -2.27. The molecule has 1 amide bonds. The lowest BCUT2D eigenvalue weighted by molar-refractivity contribution is -0.113. The standard InChI is InChI=1S/C14H12Cl2N2O2S/c15-10-2-1-3-11(16)9(10)8-12-13(19)17-14(21-12)18-4-6-20-7-5-18/h1-3,8H,4-7H2/b12-8+. The first-order chi connectivity index (χ1) is 10.1. The van der Waals surface area contributed by atoms with Gasteiger partial charge in [0, 0.05) is 28.7 Å². The van der Waals surface area contributed by atoms with Crippen LogP contribution >= 0.6 is 35.0 Å². The summed E-state index contributed by atoms with van der Waals surface area (Å²) in [5, 5.41) is 1.75. The number of aliphatic imine (C=N–C) groups is 1. The van der Waals surface area contributed by atoms with Crippen LogP contribution in [0.5, 0.6) is 0 Å². The van der Waals surface area contributed by atoms with Crippen LogP contribution in [-0.4, -0.2) is 42.3 Å². The van der Waals surface area contributed by atoms with Crippen molar-refractivity contribution in [2.24, 2.45) is 4.99 Å². The number of hydrogen-bond acceptors (Lipinski definition) is 4. The number of morpholine rings is 1. The van der Waals surface area contributed by atoms with E-state index in [1.54, 1.807) is 24.3 Å². The Labute approximate surface area is 136 Å². The maximum atomic E-state index is 12.0. The van der Waals surface area contributed by atoms with Crippen LogP contribution in [0.1, 0.15) is 5.56 Å². The number of halogens is 2. The number of benzene rings is 1. The summed E-state index contributed by atoms with van der Waals surface area (Å²) in [6, 6.07) is 5.26. The highest BCUT2D eigenvalue weighted by molar-refractivity contribution is 8.18. The van der Waals surface area contributed by atoms with E-state index >= 15 is 0 Å². The molecule has 1 aromatic carbocycles. The molecule has 1 aromatic rings. The van der Waals surface area contributed by atoms with Crippen molar-refractivity contribution in [1.29, 1.82) is 0 Å². The fraction of sp³-hybridized carbons (Fsp3) is 0.286. The summed E-state index contributed by atoms with van der Waals surface area (Å²) in [6.45, 7) is 2.81. The van der Waals surface area contributed by atoms with Crippen LogP contribution in [0.4, 0.5) is 0 Å². The molecule has 7 heteroatoms. The number of carbonyl (C=O) groups is 1. The molecule has 3 rings (SSSR count). The topological polar surface area (TPSA) is 41.9 Å². The molecule has 0 saturated carbocycles. The lowest BCUT2D eigenvalue weighted by Crippen LogP contribution is -2.38. The van der Waals surface area contributed by atoms with E-state index in [9.17, 15) is 4.79 Å². The van der Waals surface area contributed by atoms with Crippen LogP contribution in [0.3, 0.4) is 0 Å². The summed E-state index contributed by atoms with van der Waals surface area (Å²) in [4.78, 5) is 18.7. The highest BCUT2D eigenvalue weighted by Crippen LogP contribution is 2.34. The molecule has 0 N–H and O–H groups in total. The average Bonchev–Trinajstić information content (AvgIpc) is 2.85. The van der Waals surface area contributed by atoms with Crippen LogP contribution in [0, 0.1) is 0 Å². The number of hydrogen-bond donors (Lipinski definition) is 0. The summed E-state index contributed by atoms with van der Waals surface area (Å²) >= 11 is 13.6. The third-order valence-electron chi connectivity index (χ3n) is 3.17. The number of thioether (sulfide) groups is 1. The fourth-order valence-corrected chi connectivity index (χ4v) is 3.52. The molecule has 0 unspecified atom stereocenters. The molecular weight excluding hydrogens is 331 g/mol. The first-order valence-electron chi connectivity index (χ1n) is 6.44. The van der Waals surface area contributed by atoms with Crippen molar-refractivity contribution in [3.63, 3.8) is 0 Å². The summed E-state index contributed by atoms with van der Waals surface area (Å²) in [5.74, 6) is -0.252. The quantitative estimate of drug-likeness (QED) is 0.734. The minimum Gasteiger partial charge on any atom is -0.378 e. The van der Waals surface area contributed by atoms with E-state index in [0.29, 0.717) is 33.7 Å². The number of rotatable bonds is 1. The number of amidine groups is 1. The van der Waals surface area contributed by atoms with Gasteiger partial charge in [-0.25, -0.2) is 0 Å². The van der Waals surface area contributed by atoms with Gasteiger partial charge in [-0.05, 0) is 30.0 Å². The molecule has 2 aliphatic heterocycles. The monoisotopic (exact) mass is 342 g/mol. The van der Waals surface area contributed by atoms with E-state index in [1.807, 2.05) is 0 Å². The van der Waals surface area contributed by atoms with Gasteiger partial charge in [0.05, 0.1) is 18.1 Å². The number of amides is 1. The molecular formula is C14H12Cl2N2O2S. The SMILES string of the molecule is O=C1N=C(N2CCOCC2)S/C1=C/c1c(Cl)cccc1Cl. The molecule has 2 heterocycles. The van der Waals surface area contributed by atoms with Gasteiger partial charge in [0.1, 0.15) is 0 Å². The second kappa shape index (κ2) is 6.40. The van der Waals surface area contributed by atoms with E-state index in [4.69, 9.17) is 27.9 Å². The van der Waals surface area contributed by atoms with Crippen molar-refractivity contribution in [2.75, 3.05) is 26.3 Å². The van der Waals surface area contributed by atoms with Gasteiger partial charge in [-0.3, -0.25) is 4.79 Å². The Bertz CT molecular complexity index is 620. The average molecular weight is 343 g/mol. The second-order valence-corrected chi connectivity index (χ2v) is 6.37. The molecule has 0 bridgehead atoms. The van der Waals surface area contributed by atoms with Crippen LogP contribution in [0.2, 0.25) is 10.0 Å². The van der Waals surface area contributed by atoms with E-state index in [0.717, 1.165) is 18.3 Å². The summed E-state index contributed by atoms with van der Waals surface area (Å²) in [6.07, 6.45) is 1.70. The van der Waals surface area contributed by atoms with Crippen molar-refractivity contribution in [1.82, 2.24) is 4.90 Å². The van der Waals surface area contributed by atoms with Crippen molar-refractivity contribution in [2.45, 2.75) is 0 Å². The van der Waals surface area contributed by atoms with E-state index in [-0.39, 0.29) is 5.91 Å². The summed E-state index contributed by atoms with van der Waals surface area (Å²) < 4.78 is 5.30. The van der Waals surface area contributed by atoms with Crippen LogP contribution in [0.15, 0.2) is 28.1 Å². The van der Waals surface area contributed by atoms with E-state index in [1.165, 1.54) is 11.8 Å². The molecule has 0 radical (unpaired) electrons. The first kappa shape index (κ1) is 14.9. The lowest BCUT2D eigenvalue weighted by atomic mass is 10.2. The minimum atomic E-state index is -0.252. The van der Waals surface area contributed by atoms with Crippen LogP contribution in [-0.2, 0) is 9.53 Å². The Kier molecular flexibility index (Phi) is 4.54. The third kappa shape index (κ3) is 3.26. The summed E-state index contributed by atoms with van der Waals surface area (Å²) in [7, 11) is 0. The van der Waals surface area contributed by atoms with E-state index in [2.05, 4.69) is 9.89 Å². The van der Waals surface area contributed by atoms with Gasteiger partial charge in [0.2, 0.25) is 0 Å². The normalized spacial score (nSPS) is 21.0. The fourth-order valence-electron chi connectivity index (χ4n) is 2.07. The van der Waals surface area contributed by atoms with E-state index < -0.39 is 0 Å². The molecule has 2 aliphatic rings. The Morgan fingerprint density at radius 3 is 2.57 bits per heavy atom. The Hall–Kier alpha value is -1.01. The molecule has 1 fully saturated rings. The van der Waals surface area contributed by atoms with Gasteiger partial charge in [0.25, 0.3) is 5.91 Å². The van der Waals surface area contributed by atoms with Gasteiger partial charge >= 0.3 is 0 Å². The van der Waals surface area contributed by atoms with Gasteiger partial charge < -0.3 is 9.64 Å². The maximum absolute atomic E-state index is 12.0. The summed E-state index contributed by atoms with van der Waals surface area (Å²) in [5.41, 5.74) is 0.648. The van der Waals surface area contributed by atoms with Crippen LogP contribution in [0.25, 0.3) is 6.08 Å². The largest absolute Gasteiger partial charge is 0.378 e. The van der Waals surface area contributed by atoms with Gasteiger partial charge in [-0.1, -0.05) is 29.3 Å². The Morgan fingerprint density at radius 2 is 1.90 bits per heavy atom. The van der Waals surface area contributed by atoms with Gasteiger partial charge in [-0.2, -0.15) is 4.99 Å². The molecule has 1 saturated heterocycles. The number of nitrogens with zero attached hydrogens (tertiary/aromatic N) is 2. The number of ether oxygens (including phenoxy) is 1. The maximum Gasteiger partial charge on any atom is 0.286 e. The number of carbonyl (C=O) groups excluding carboxylic acids is 1. The van der Waals surface area contributed by atoms with Gasteiger partial charge in [0.15, 0.2) is 5.17 Å². The molecule has 110 valence electrons. The zero-order valence-electron chi connectivity index (χ0n) is 11.0. The second-order valence-electron chi connectivity index (χ2n) is 4.54. The molecule has 0 aromatic heterocycles. The Balaban J connectivity index is 1.82. The molecule has 0 atom stereocenters. The predicted octanol–water partition coefficient (Wildman–Crippen LogP) is 3.30. The molecule has 4 nitrogen and oxygen atoms in total. The predicted molar refractivity (Wildman–Crippen MR) is 86.9 cm³/mol. The zero-order valence-corrected chi connectivity index (χ0v) is 13.3. The smallest absolute Gasteiger partial charge is 0.286 e. The minimum absolute atomic E-state index is 0.252. The molecule has 0 spiro atoms. The Morgan fingerprint density at radius 1 is 1.24 bits per heavy atom. The zero-order chi connectivity index (χ0) is 14.8. The van der Waals surface area contributed by atoms with Gasteiger partial charge in [-0.15, -0.1) is 0 Å².